The lowest BCUT2D eigenvalue weighted by Crippen LogP contribution is -2.52. The van der Waals surface area contributed by atoms with Crippen LogP contribution in [0.5, 0.6) is 0 Å². The Balaban J connectivity index is 1.73. The van der Waals surface area contributed by atoms with Crippen LogP contribution in [-0.2, 0) is 26.2 Å². The SMILES string of the molecule is Cc1ccc(Cl)cc1N(CC(=O)N(Cc1ccc(Cl)cc1Cl)C(C)C(=O)NC1CCCC1)S(=O)(=O)c1ccccc1. The minimum Gasteiger partial charge on any atom is -0.352 e. The summed E-state index contributed by atoms with van der Waals surface area (Å²) in [6, 6.07) is 16.8. The van der Waals surface area contributed by atoms with Crippen LogP contribution in [0, 0.1) is 6.92 Å². The largest absolute Gasteiger partial charge is 0.352 e. The highest BCUT2D eigenvalue weighted by Crippen LogP contribution is 2.30. The van der Waals surface area contributed by atoms with Gasteiger partial charge in [0.05, 0.1) is 10.6 Å². The smallest absolute Gasteiger partial charge is 0.264 e. The van der Waals surface area contributed by atoms with Gasteiger partial charge in [0.1, 0.15) is 12.6 Å². The number of hydrogen-bond donors (Lipinski definition) is 1. The van der Waals surface area contributed by atoms with Crippen molar-refractivity contribution in [2.45, 2.75) is 63.1 Å². The van der Waals surface area contributed by atoms with Gasteiger partial charge in [0.15, 0.2) is 0 Å². The molecule has 0 heterocycles. The van der Waals surface area contributed by atoms with Crippen LogP contribution in [0.2, 0.25) is 15.1 Å². The van der Waals surface area contributed by atoms with Crippen molar-refractivity contribution < 1.29 is 18.0 Å². The van der Waals surface area contributed by atoms with Crippen molar-refractivity contribution in [1.82, 2.24) is 10.2 Å². The van der Waals surface area contributed by atoms with Gasteiger partial charge in [-0.3, -0.25) is 13.9 Å². The van der Waals surface area contributed by atoms with Crippen LogP contribution in [0.15, 0.2) is 71.6 Å². The highest BCUT2D eigenvalue weighted by atomic mass is 35.5. The van der Waals surface area contributed by atoms with E-state index < -0.39 is 28.5 Å². The Morgan fingerprint density at radius 1 is 0.951 bits per heavy atom. The standard InChI is InChI=1S/C30H32Cl3N3O4S/c1-20-12-14-24(32)17-28(20)36(41(39,40)26-10-4-3-5-11-26)19-29(37)35(18-22-13-15-23(31)16-27(22)33)21(2)30(38)34-25-8-6-7-9-25/h3-5,10-17,21,25H,6-9,18-19H2,1-2H3,(H,34,38). The first-order chi connectivity index (χ1) is 19.5. The first-order valence-corrected chi connectivity index (χ1v) is 15.9. The van der Waals surface area contributed by atoms with E-state index in [0.717, 1.165) is 30.0 Å². The molecule has 218 valence electrons. The molecular weight excluding hydrogens is 605 g/mol. The molecule has 41 heavy (non-hydrogen) atoms. The summed E-state index contributed by atoms with van der Waals surface area (Å²) in [5.74, 6) is -0.893. The second-order valence-electron chi connectivity index (χ2n) is 10.2. The maximum absolute atomic E-state index is 14.1. The van der Waals surface area contributed by atoms with E-state index in [9.17, 15) is 18.0 Å². The number of sulfonamides is 1. The predicted octanol–water partition coefficient (Wildman–Crippen LogP) is 6.63. The van der Waals surface area contributed by atoms with Gasteiger partial charge >= 0.3 is 0 Å². The second-order valence-corrected chi connectivity index (χ2v) is 13.3. The average molecular weight is 637 g/mol. The maximum Gasteiger partial charge on any atom is 0.264 e. The molecule has 1 atom stereocenters. The Labute approximate surface area is 256 Å². The third-order valence-electron chi connectivity index (χ3n) is 7.27. The molecule has 1 fully saturated rings. The summed E-state index contributed by atoms with van der Waals surface area (Å²) in [6.45, 7) is 2.78. The van der Waals surface area contributed by atoms with Gasteiger partial charge in [-0.05, 0) is 74.2 Å². The van der Waals surface area contributed by atoms with Gasteiger partial charge < -0.3 is 10.2 Å². The number of amides is 2. The molecule has 1 saturated carbocycles. The summed E-state index contributed by atoms with van der Waals surface area (Å²) in [5.41, 5.74) is 1.45. The van der Waals surface area contributed by atoms with Crippen molar-refractivity contribution in [3.63, 3.8) is 0 Å². The molecule has 1 unspecified atom stereocenters. The van der Waals surface area contributed by atoms with Crippen molar-refractivity contribution in [3.05, 3.63) is 92.9 Å². The quantitative estimate of drug-likeness (QED) is 0.271. The molecule has 1 aliphatic carbocycles. The summed E-state index contributed by atoms with van der Waals surface area (Å²) in [6.07, 6.45) is 3.83. The fourth-order valence-corrected chi connectivity index (χ4v) is 7.02. The molecule has 0 aromatic heterocycles. The zero-order valence-corrected chi connectivity index (χ0v) is 25.9. The first kappa shape index (κ1) is 31.2. The fraction of sp³-hybridized carbons (Fsp3) is 0.333. The lowest BCUT2D eigenvalue weighted by atomic mass is 10.1. The normalized spacial score (nSPS) is 14.5. The van der Waals surface area contributed by atoms with E-state index in [4.69, 9.17) is 34.8 Å². The minimum absolute atomic E-state index is 0.0199. The predicted molar refractivity (Wildman–Crippen MR) is 164 cm³/mol. The molecule has 7 nitrogen and oxygen atoms in total. The summed E-state index contributed by atoms with van der Waals surface area (Å²) >= 11 is 18.8. The van der Waals surface area contributed by atoms with E-state index in [1.165, 1.54) is 23.1 Å². The van der Waals surface area contributed by atoms with E-state index in [1.54, 1.807) is 62.4 Å². The molecule has 1 aliphatic rings. The molecule has 3 aromatic rings. The molecule has 1 N–H and O–H groups in total. The molecule has 3 aromatic carbocycles. The molecule has 0 spiro atoms. The Morgan fingerprint density at radius 3 is 2.24 bits per heavy atom. The van der Waals surface area contributed by atoms with Gasteiger partial charge in [-0.2, -0.15) is 0 Å². The summed E-state index contributed by atoms with van der Waals surface area (Å²) in [4.78, 5) is 28.8. The lowest BCUT2D eigenvalue weighted by molar-refractivity contribution is -0.139. The van der Waals surface area contributed by atoms with Crippen LogP contribution in [-0.4, -0.2) is 43.8 Å². The van der Waals surface area contributed by atoms with E-state index in [2.05, 4.69) is 5.32 Å². The summed E-state index contributed by atoms with van der Waals surface area (Å²) in [7, 11) is -4.19. The van der Waals surface area contributed by atoms with Gasteiger partial charge in [0.25, 0.3) is 10.0 Å². The van der Waals surface area contributed by atoms with Crippen molar-refractivity contribution >= 4 is 62.3 Å². The van der Waals surface area contributed by atoms with Gasteiger partial charge in [-0.25, -0.2) is 8.42 Å². The highest BCUT2D eigenvalue weighted by Gasteiger charge is 2.34. The Bertz CT molecular complexity index is 1510. The number of carbonyl (C=O) groups excluding carboxylic acids is 2. The molecule has 0 saturated heterocycles. The zero-order valence-electron chi connectivity index (χ0n) is 22.8. The van der Waals surface area contributed by atoms with Crippen molar-refractivity contribution in [2.24, 2.45) is 0 Å². The number of rotatable bonds is 10. The number of aryl methyl sites for hydroxylation is 1. The number of hydrogen-bond acceptors (Lipinski definition) is 4. The third-order valence-corrected chi connectivity index (χ3v) is 9.87. The molecular formula is C30H32Cl3N3O4S. The number of anilines is 1. The van der Waals surface area contributed by atoms with Crippen molar-refractivity contribution in [1.29, 1.82) is 0 Å². The van der Waals surface area contributed by atoms with Crippen molar-refractivity contribution in [2.75, 3.05) is 10.8 Å². The zero-order chi connectivity index (χ0) is 29.7. The molecule has 0 radical (unpaired) electrons. The van der Waals surface area contributed by atoms with Gasteiger partial charge in [0, 0.05) is 27.7 Å². The van der Waals surface area contributed by atoms with E-state index in [-0.39, 0.29) is 29.1 Å². The van der Waals surface area contributed by atoms with Crippen LogP contribution < -0.4 is 9.62 Å². The number of nitrogens with zero attached hydrogens (tertiary/aromatic N) is 2. The molecule has 0 bridgehead atoms. The van der Waals surface area contributed by atoms with E-state index in [0.29, 0.717) is 26.2 Å². The number of halogens is 3. The molecule has 0 aliphatic heterocycles. The van der Waals surface area contributed by atoms with Crippen molar-refractivity contribution in [3.8, 4) is 0 Å². The first-order valence-electron chi connectivity index (χ1n) is 13.3. The van der Waals surface area contributed by atoms with E-state index in [1.807, 2.05) is 0 Å². The lowest BCUT2D eigenvalue weighted by Gasteiger charge is -2.33. The van der Waals surface area contributed by atoms with Gasteiger partial charge in [-0.15, -0.1) is 0 Å². The topological polar surface area (TPSA) is 86.8 Å². The Morgan fingerprint density at radius 2 is 1.59 bits per heavy atom. The third kappa shape index (κ3) is 7.55. The second kappa shape index (κ2) is 13.5. The van der Waals surface area contributed by atoms with Gasteiger partial charge in [-0.1, -0.05) is 78.0 Å². The molecule has 11 heteroatoms. The summed E-state index contributed by atoms with van der Waals surface area (Å²) in [5, 5.41) is 4.13. The Hall–Kier alpha value is -2.78. The number of carbonyl (C=O) groups is 2. The Kier molecular flexibility index (Phi) is 10.2. The number of nitrogens with one attached hydrogen (secondary N) is 1. The highest BCUT2D eigenvalue weighted by molar-refractivity contribution is 7.92. The molecule has 4 rings (SSSR count). The van der Waals surface area contributed by atoms with Crippen LogP contribution >= 0.6 is 34.8 Å². The van der Waals surface area contributed by atoms with Gasteiger partial charge in [0.2, 0.25) is 11.8 Å². The van der Waals surface area contributed by atoms with Crippen LogP contribution in [0.1, 0.15) is 43.7 Å². The average Bonchev–Trinajstić information content (AvgIpc) is 3.45. The van der Waals surface area contributed by atoms with Crippen LogP contribution in [0.3, 0.4) is 0 Å². The maximum atomic E-state index is 14.1. The fourth-order valence-electron chi connectivity index (χ4n) is 4.89. The minimum atomic E-state index is -4.19. The monoisotopic (exact) mass is 635 g/mol. The summed E-state index contributed by atoms with van der Waals surface area (Å²) < 4.78 is 28.9. The number of benzene rings is 3. The van der Waals surface area contributed by atoms with Crippen LogP contribution in [0.4, 0.5) is 5.69 Å². The van der Waals surface area contributed by atoms with Crippen LogP contribution in [0.25, 0.3) is 0 Å². The molecule has 2 amide bonds. The van der Waals surface area contributed by atoms with E-state index >= 15 is 0 Å².